The maximum absolute atomic E-state index is 10.7. The van der Waals surface area contributed by atoms with Gasteiger partial charge in [0.25, 0.3) is 0 Å². The lowest BCUT2D eigenvalue weighted by Gasteiger charge is -2.30. The van der Waals surface area contributed by atoms with Crippen LogP contribution < -0.4 is 10.6 Å². The van der Waals surface area contributed by atoms with E-state index >= 15 is 0 Å². The fourth-order valence-corrected chi connectivity index (χ4v) is 3.99. The van der Waals surface area contributed by atoms with Gasteiger partial charge in [0.1, 0.15) is 6.04 Å². The van der Waals surface area contributed by atoms with Crippen LogP contribution in [0, 0.1) is 0 Å². The topological polar surface area (TPSA) is 98.7 Å². The summed E-state index contributed by atoms with van der Waals surface area (Å²) in [6.07, 6.45) is 14.6. The summed E-state index contributed by atoms with van der Waals surface area (Å²) in [5.74, 6) is -2.35. The van der Waals surface area contributed by atoms with E-state index in [1.165, 1.54) is 64.2 Å². The average molecular weight is 393 g/mol. The van der Waals surface area contributed by atoms with Crippen molar-refractivity contribution in [1.82, 2.24) is 10.6 Å². The molecule has 2 aliphatic carbocycles. The summed E-state index contributed by atoms with van der Waals surface area (Å²) in [7, 11) is 0. The highest BCUT2D eigenvalue weighted by Gasteiger charge is 2.19. The van der Waals surface area contributed by atoms with Crippen LogP contribution in [0.3, 0.4) is 0 Å². The molecule has 4 N–H and O–H groups in total. The van der Waals surface area contributed by atoms with Crippen LogP contribution in [0.1, 0.15) is 76.6 Å². The van der Waals surface area contributed by atoms with Gasteiger partial charge >= 0.3 is 5.97 Å². The second-order valence-corrected chi connectivity index (χ2v) is 7.78. The summed E-state index contributed by atoms with van der Waals surface area (Å²) in [5.41, 5.74) is -2.67. The molecule has 2 rings (SSSR count). The van der Waals surface area contributed by atoms with Gasteiger partial charge in [-0.3, -0.25) is 4.79 Å². The van der Waals surface area contributed by atoms with E-state index in [2.05, 4.69) is 10.6 Å². The standard InChI is InChI=1S/C12H23N.C7H13NO4S/c1-3-7-11(8-4-1)13-12-9-5-2-6-10-12;1-5(10)8-6(7(11)12)4-13-3-2-9/h11-13H,1-10H2;6,9H,2-4H2,1H3,(H,8,10)(H,11,12)/t;6-/m.1/s1/i;2D2,3D2. The number of hydrogen-bond acceptors (Lipinski definition) is 5. The van der Waals surface area contributed by atoms with Crippen molar-refractivity contribution >= 4 is 23.6 Å². The molecule has 0 heterocycles. The summed E-state index contributed by atoms with van der Waals surface area (Å²) in [6.45, 7) is -1.99. The summed E-state index contributed by atoms with van der Waals surface area (Å²) < 4.78 is 28.0. The van der Waals surface area contributed by atoms with Crippen LogP contribution in [0.25, 0.3) is 0 Å². The minimum Gasteiger partial charge on any atom is -0.480 e. The quantitative estimate of drug-likeness (QED) is 0.507. The maximum atomic E-state index is 10.7. The van der Waals surface area contributed by atoms with Gasteiger partial charge in [0, 0.05) is 33.2 Å². The van der Waals surface area contributed by atoms with E-state index in [1.807, 2.05) is 0 Å². The number of nitrogens with one attached hydrogen (secondary N) is 2. The molecule has 0 aromatic heterocycles. The molecule has 0 bridgehead atoms. The van der Waals surface area contributed by atoms with Crippen LogP contribution in [-0.4, -0.2) is 58.2 Å². The molecule has 2 aliphatic rings. The van der Waals surface area contributed by atoms with Gasteiger partial charge in [0.2, 0.25) is 5.91 Å². The lowest BCUT2D eigenvalue weighted by Crippen LogP contribution is -2.41. The Bertz CT molecular complexity index is 521. The number of thioether (sulfide) groups is 1. The van der Waals surface area contributed by atoms with Crippen LogP contribution in [0.2, 0.25) is 0 Å². The third-order valence-electron chi connectivity index (χ3n) is 4.73. The smallest absolute Gasteiger partial charge is 0.327 e. The Labute approximate surface area is 167 Å². The second-order valence-electron chi connectivity index (χ2n) is 6.95. The molecule has 0 unspecified atom stereocenters. The molecule has 1 amide bonds. The van der Waals surface area contributed by atoms with E-state index in [9.17, 15) is 9.59 Å². The van der Waals surface area contributed by atoms with Crippen molar-refractivity contribution in [1.29, 1.82) is 0 Å². The van der Waals surface area contributed by atoms with Crippen molar-refractivity contribution in [3.05, 3.63) is 0 Å². The van der Waals surface area contributed by atoms with Gasteiger partial charge < -0.3 is 20.8 Å². The van der Waals surface area contributed by atoms with E-state index in [-0.39, 0.29) is 11.8 Å². The van der Waals surface area contributed by atoms with Gasteiger partial charge in [-0.2, -0.15) is 11.8 Å². The number of aliphatic carboxylic acids is 1. The predicted molar refractivity (Wildman–Crippen MR) is 107 cm³/mol. The Balaban J connectivity index is 0.000000308. The minimum atomic E-state index is -3.10. The molecular formula is C19H36N2O4S. The first-order valence-corrected chi connectivity index (χ1v) is 10.5. The van der Waals surface area contributed by atoms with Gasteiger partial charge in [0.05, 0.1) is 9.30 Å². The normalized spacial score (nSPS) is 23.3. The van der Waals surface area contributed by atoms with Crippen LogP contribution in [-0.2, 0) is 9.59 Å². The molecule has 26 heavy (non-hydrogen) atoms. The highest BCUT2D eigenvalue weighted by atomic mass is 32.2. The van der Waals surface area contributed by atoms with Gasteiger partial charge in [-0.25, -0.2) is 4.79 Å². The number of carboxylic acids is 1. The Kier molecular flexibility index (Phi) is 9.52. The van der Waals surface area contributed by atoms with Crippen molar-refractivity contribution < 1.29 is 25.3 Å². The first kappa shape index (κ1) is 17.3. The monoisotopic (exact) mass is 392 g/mol. The average Bonchev–Trinajstić information content (AvgIpc) is 2.66. The Morgan fingerprint density at radius 2 is 1.58 bits per heavy atom. The third-order valence-corrected chi connectivity index (χ3v) is 5.46. The van der Waals surface area contributed by atoms with Gasteiger partial charge in [-0.15, -0.1) is 0 Å². The molecule has 0 aliphatic heterocycles. The largest absolute Gasteiger partial charge is 0.480 e. The van der Waals surface area contributed by atoms with Crippen molar-refractivity contribution in [2.24, 2.45) is 0 Å². The maximum Gasteiger partial charge on any atom is 0.327 e. The Morgan fingerprint density at radius 3 is 1.96 bits per heavy atom. The number of amides is 1. The number of carboxylic acid groups (broad SMARTS) is 1. The lowest BCUT2D eigenvalue weighted by atomic mass is 9.91. The SMILES string of the molecule is C1CCC(NC2CCCCC2)CC1.[2H]C([2H])(O)C([2H])([2H])SC[C@@H](NC(C)=O)C(=O)O. The van der Waals surface area contributed by atoms with Crippen LogP contribution in [0.15, 0.2) is 0 Å². The summed E-state index contributed by atoms with van der Waals surface area (Å²) >= 11 is 0.277. The minimum absolute atomic E-state index is 0.277. The van der Waals surface area contributed by atoms with Crippen LogP contribution >= 0.6 is 11.8 Å². The van der Waals surface area contributed by atoms with Gasteiger partial charge in [-0.1, -0.05) is 38.5 Å². The van der Waals surface area contributed by atoms with Crippen molar-refractivity contribution in [3.8, 4) is 0 Å². The van der Waals surface area contributed by atoms with E-state index in [1.54, 1.807) is 0 Å². The Morgan fingerprint density at radius 1 is 1.08 bits per heavy atom. The molecule has 1 atom stereocenters. The zero-order chi connectivity index (χ0) is 22.8. The van der Waals surface area contributed by atoms with E-state index < -0.39 is 35.9 Å². The molecule has 0 aromatic rings. The molecule has 7 heteroatoms. The summed E-state index contributed by atoms with van der Waals surface area (Å²) in [4.78, 5) is 21.4. The van der Waals surface area contributed by atoms with Crippen LogP contribution in [0.5, 0.6) is 0 Å². The highest BCUT2D eigenvalue weighted by Crippen LogP contribution is 2.22. The Hall–Kier alpha value is -0.790. The third kappa shape index (κ3) is 11.0. The molecule has 2 saturated carbocycles. The number of aliphatic hydroxyl groups is 1. The van der Waals surface area contributed by atoms with E-state index in [0.717, 1.165) is 19.0 Å². The number of hydrogen-bond donors (Lipinski definition) is 4. The highest BCUT2D eigenvalue weighted by molar-refractivity contribution is 7.99. The molecule has 0 aromatic carbocycles. The fourth-order valence-electron chi connectivity index (χ4n) is 3.45. The second kappa shape index (κ2) is 14.3. The van der Waals surface area contributed by atoms with Crippen molar-refractivity contribution in [2.75, 3.05) is 18.0 Å². The first-order valence-electron chi connectivity index (χ1n) is 11.5. The molecule has 152 valence electrons. The zero-order valence-corrected chi connectivity index (χ0v) is 16.4. The van der Waals surface area contributed by atoms with E-state index in [4.69, 9.17) is 15.7 Å². The number of rotatable bonds is 8. The van der Waals surface area contributed by atoms with Crippen LogP contribution in [0.4, 0.5) is 0 Å². The molecule has 2 fully saturated rings. The fraction of sp³-hybridized carbons (Fsp3) is 0.895. The number of carbonyl (C=O) groups excluding carboxylic acids is 1. The van der Waals surface area contributed by atoms with E-state index in [0.29, 0.717) is 0 Å². The molecule has 0 radical (unpaired) electrons. The summed E-state index contributed by atoms with van der Waals surface area (Å²) in [5, 5.41) is 23.5. The van der Waals surface area contributed by atoms with Gasteiger partial charge in [-0.05, 0) is 25.7 Å². The zero-order valence-electron chi connectivity index (χ0n) is 19.6. The van der Waals surface area contributed by atoms with Gasteiger partial charge in [0.15, 0.2) is 0 Å². The lowest BCUT2D eigenvalue weighted by molar-refractivity contribution is -0.140. The molecule has 6 nitrogen and oxygen atoms in total. The molecule has 0 spiro atoms. The first-order chi connectivity index (χ1) is 13.9. The number of carbonyl (C=O) groups is 2. The summed E-state index contributed by atoms with van der Waals surface area (Å²) in [6, 6.07) is 0.406. The predicted octanol–water partition coefficient (Wildman–Crippen LogP) is 2.54. The van der Waals surface area contributed by atoms with Crippen molar-refractivity contribution in [2.45, 2.75) is 89.3 Å². The molecular weight excluding hydrogens is 352 g/mol. The van der Waals surface area contributed by atoms with Crippen molar-refractivity contribution in [3.63, 3.8) is 0 Å². The molecule has 0 saturated heterocycles.